The number of rotatable bonds is 3. The maximum Gasteiger partial charge on any atom is 0.224 e. The molecule has 1 aromatic carbocycles. The molecule has 1 heterocycles. The lowest BCUT2D eigenvalue weighted by molar-refractivity contribution is -0.126. The van der Waals surface area contributed by atoms with Crippen LogP contribution in [-0.2, 0) is 4.79 Å². The van der Waals surface area contributed by atoms with E-state index in [0.29, 0.717) is 18.8 Å². The van der Waals surface area contributed by atoms with E-state index in [0.717, 1.165) is 5.75 Å². The number of para-hydroxylation sites is 2. The van der Waals surface area contributed by atoms with Gasteiger partial charge in [-0.3, -0.25) is 4.79 Å². The zero-order valence-corrected chi connectivity index (χ0v) is 10.4. The van der Waals surface area contributed by atoms with Crippen molar-refractivity contribution >= 4 is 18.3 Å². The van der Waals surface area contributed by atoms with Gasteiger partial charge in [0.1, 0.15) is 12.7 Å². The van der Waals surface area contributed by atoms with Crippen molar-refractivity contribution in [3.05, 3.63) is 24.3 Å². The Kier molecular flexibility index (Phi) is 4.63. The molecule has 0 radical (unpaired) electrons. The van der Waals surface area contributed by atoms with Crippen molar-refractivity contribution < 1.29 is 14.3 Å². The Morgan fingerprint density at radius 1 is 1.47 bits per heavy atom. The molecule has 0 aromatic heterocycles. The second-order valence-corrected chi connectivity index (χ2v) is 3.83. The molecule has 0 spiro atoms. The van der Waals surface area contributed by atoms with Gasteiger partial charge in [0.25, 0.3) is 0 Å². The van der Waals surface area contributed by atoms with Gasteiger partial charge in [-0.2, -0.15) is 0 Å². The van der Waals surface area contributed by atoms with E-state index in [-0.39, 0.29) is 30.3 Å². The molecule has 0 aliphatic carbocycles. The van der Waals surface area contributed by atoms with Gasteiger partial charge in [-0.15, -0.1) is 12.4 Å². The Bertz CT molecular complexity index is 397. The van der Waals surface area contributed by atoms with Crippen molar-refractivity contribution in [2.75, 3.05) is 6.61 Å². The number of hydrogen-bond donors (Lipinski definition) is 1. The Morgan fingerprint density at radius 2 is 2.12 bits per heavy atom. The SMILES string of the molecule is CCC(C(N)=O)C1COc2ccccc2O1.Cl. The largest absolute Gasteiger partial charge is 0.486 e. The summed E-state index contributed by atoms with van der Waals surface area (Å²) in [4.78, 5) is 11.2. The van der Waals surface area contributed by atoms with Crippen LogP contribution in [0.15, 0.2) is 24.3 Å². The number of amides is 1. The summed E-state index contributed by atoms with van der Waals surface area (Å²) in [6.45, 7) is 2.29. The second-order valence-electron chi connectivity index (χ2n) is 3.83. The van der Waals surface area contributed by atoms with E-state index in [9.17, 15) is 4.79 Å². The predicted octanol–water partition coefficient (Wildman–Crippen LogP) is 1.76. The van der Waals surface area contributed by atoms with Crippen LogP contribution in [0.1, 0.15) is 13.3 Å². The van der Waals surface area contributed by atoms with Gasteiger partial charge in [-0.1, -0.05) is 19.1 Å². The van der Waals surface area contributed by atoms with E-state index >= 15 is 0 Å². The van der Waals surface area contributed by atoms with E-state index in [4.69, 9.17) is 15.2 Å². The summed E-state index contributed by atoms with van der Waals surface area (Å²) in [5.41, 5.74) is 5.32. The van der Waals surface area contributed by atoms with Gasteiger partial charge in [0, 0.05) is 0 Å². The standard InChI is InChI=1S/C12H15NO3.ClH/c1-2-8(12(13)14)11-7-15-9-5-3-4-6-10(9)16-11;/h3-6,8,11H,2,7H2,1H3,(H2,13,14);1H. The van der Waals surface area contributed by atoms with Crippen LogP contribution < -0.4 is 15.2 Å². The van der Waals surface area contributed by atoms with Crippen molar-refractivity contribution in [2.24, 2.45) is 11.7 Å². The van der Waals surface area contributed by atoms with Gasteiger partial charge in [-0.25, -0.2) is 0 Å². The summed E-state index contributed by atoms with van der Waals surface area (Å²) >= 11 is 0. The fraction of sp³-hybridized carbons (Fsp3) is 0.417. The normalized spacial score (nSPS) is 19.0. The smallest absolute Gasteiger partial charge is 0.224 e. The third kappa shape index (κ3) is 2.82. The highest BCUT2D eigenvalue weighted by Crippen LogP contribution is 2.33. The van der Waals surface area contributed by atoms with Crippen LogP contribution in [0.4, 0.5) is 0 Å². The van der Waals surface area contributed by atoms with Crippen molar-refractivity contribution in [2.45, 2.75) is 19.4 Å². The molecular weight excluding hydrogens is 242 g/mol. The fourth-order valence-corrected chi connectivity index (χ4v) is 1.88. The van der Waals surface area contributed by atoms with E-state index < -0.39 is 0 Å². The van der Waals surface area contributed by atoms with Crippen LogP contribution >= 0.6 is 12.4 Å². The van der Waals surface area contributed by atoms with Crippen LogP contribution in [0.2, 0.25) is 0 Å². The first-order chi connectivity index (χ1) is 7.72. The summed E-state index contributed by atoms with van der Waals surface area (Å²) < 4.78 is 11.3. The average Bonchev–Trinajstić information content (AvgIpc) is 2.29. The predicted molar refractivity (Wildman–Crippen MR) is 66.6 cm³/mol. The van der Waals surface area contributed by atoms with Crippen molar-refractivity contribution in [1.82, 2.24) is 0 Å². The molecule has 0 fully saturated rings. The molecule has 94 valence electrons. The zero-order chi connectivity index (χ0) is 11.5. The highest BCUT2D eigenvalue weighted by atomic mass is 35.5. The van der Waals surface area contributed by atoms with Gasteiger partial charge in [0.15, 0.2) is 11.5 Å². The lowest BCUT2D eigenvalue weighted by Crippen LogP contribution is -2.42. The summed E-state index contributed by atoms with van der Waals surface area (Å²) in [5.74, 6) is 0.764. The molecule has 17 heavy (non-hydrogen) atoms. The number of benzene rings is 1. The molecule has 4 nitrogen and oxygen atoms in total. The molecule has 1 aliphatic heterocycles. The number of hydrogen-bond acceptors (Lipinski definition) is 3. The lowest BCUT2D eigenvalue weighted by atomic mass is 9.98. The van der Waals surface area contributed by atoms with Crippen molar-refractivity contribution in [1.29, 1.82) is 0 Å². The third-order valence-corrected chi connectivity index (χ3v) is 2.78. The molecule has 0 bridgehead atoms. The number of carbonyl (C=O) groups excluding carboxylic acids is 1. The molecule has 2 rings (SSSR count). The maximum atomic E-state index is 11.2. The summed E-state index contributed by atoms with van der Waals surface area (Å²) in [6, 6.07) is 7.43. The lowest BCUT2D eigenvalue weighted by Gasteiger charge is -2.30. The minimum absolute atomic E-state index is 0. The van der Waals surface area contributed by atoms with Gasteiger partial charge in [0.2, 0.25) is 5.91 Å². The molecule has 2 unspecified atom stereocenters. The summed E-state index contributed by atoms with van der Waals surface area (Å²) in [7, 11) is 0. The summed E-state index contributed by atoms with van der Waals surface area (Å²) in [6.07, 6.45) is 0.378. The van der Waals surface area contributed by atoms with Gasteiger partial charge in [0.05, 0.1) is 5.92 Å². The van der Waals surface area contributed by atoms with Crippen molar-refractivity contribution in [3.63, 3.8) is 0 Å². The first-order valence-corrected chi connectivity index (χ1v) is 5.40. The quantitative estimate of drug-likeness (QED) is 0.898. The van der Waals surface area contributed by atoms with E-state index in [1.807, 2.05) is 31.2 Å². The first-order valence-electron chi connectivity index (χ1n) is 5.40. The highest BCUT2D eigenvalue weighted by molar-refractivity contribution is 5.85. The van der Waals surface area contributed by atoms with Crippen LogP contribution in [0.25, 0.3) is 0 Å². The molecule has 1 aliphatic rings. The Labute approximate surface area is 106 Å². The number of primary amides is 1. The van der Waals surface area contributed by atoms with Gasteiger partial charge >= 0.3 is 0 Å². The fourth-order valence-electron chi connectivity index (χ4n) is 1.88. The Balaban J connectivity index is 0.00000144. The second kappa shape index (κ2) is 5.77. The first kappa shape index (κ1) is 13.6. The minimum atomic E-state index is -0.338. The molecule has 0 saturated carbocycles. The maximum absolute atomic E-state index is 11.2. The molecule has 5 heteroatoms. The molecule has 2 atom stereocenters. The van der Waals surface area contributed by atoms with Gasteiger partial charge < -0.3 is 15.2 Å². The Morgan fingerprint density at radius 3 is 2.71 bits per heavy atom. The Hall–Kier alpha value is -1.42. The monoisotopic (exact) mass is 257 g/mol. The van der Waals surface area contributed by atoms with Crippen LogP contribution in [0, 0.1) is 5.92 Å². The third-order valence-electron chi connectivity index (χ3n) is 2.78. The van der Waals surface area contributed by atoms with Crippen LogP contribution in [0.5, 0.6) is 11.5 Å². The number of fused-ring (bicyclic) bond motifs is 1. The van der Waals surface area contributed by atoms with E-state index in [1.54, 1.807) is 0 Å². The number of nitrogens with two attached hydrogens (primary N) is 1. The molecule has 1 amide bonds. The number of ether oxygens (including phenoxy) is 2. The van der Waals surface area contributed by atoms with E-state index in [2.05, 4.69) is 0 Å². The highest BCUT2D eigenvalue weighted by Gasteiger charge is 2.31. The minimum Gasteiger partial charge on any atom is -0.486 e. The summed E-state index contributed by atoms with van der Waals surface area (Å²) in [5, 5.41) is 0. The zero-order valence-electron chi connectivity index (χ0n) is 9.59. The van der Waals surface area contributed by atoms with Crippen molar-refractivity contribution in [3.8, 4) is 11.5 Å². The average molecular weight is 258 g/mol. The van der Waals surface area contributed by atoms with E-state index in [1.165, 1.54) is 0 Å². The molecular formula is C12H16ClNO3. The van der Waals surface area contributed by atoms with Crippen LogP contribution in [-0.4, -0.2) is 18.6 Å². The number of carbonyl (C=O) groups is 1. The van der Waals surface area contributed by atoms with Crippen LogP contribution in [0.3, 0.4) is 0 Å². The molecule has 1 aromatic rings. The number of halogens is 1. The van der Waals surface area contributed by atoms with Gasteiger partial charge in [-0.05, 0) is 18.6 Å². The molecule has 2 N–H and O–H groups in total. The topological polar surface area (TPSA) is 61.6 Å². The molecule has 0 saturated heterocycles.